The number of benzene rings is 1. The first-order valence-electron chi connectivity index (χ1n) is 7.12. The lowest BCUT2D eigenvalue weighted by molar-refractivity contribution is -0.141. The van der Waals surface area contributed by atoms with Crippen molar-refractivity contribution in [2.75, 3.05) is 13.1 Å². The topological polar surface area (TPSA) is 59.5 Å². The number of halogens is 4. The summed E-state index contributed by atoms with van der Waals surface area (Å²) in [5, 5.41) is 0. The number of ether oxygens (including phenoxy) is 1. The fraction of sp³-hybridized carbons (Fsp3) is 0.267. The summed E-state index contributed by atoms with van der Waals surface area (Å²) in [6.07, 6.45) is -4.07. The van der Waals surface area contributed by atoms with Gasteiger partial charge in [-0.2, -0.15) is 17.5 Å². The van der Waals surface area contributed by atoms with E-state index in [-0.39, 0.29) is 23.7 Å². The van der Waals surface area contributed by atoms with Crippen LogP contribution in [0.15, 0.2) is 52.0 Å². The minimum atomic E-state index is -4.56. The molecule has 134 valence electrons. The summed E-state index contributed by atoms with van der Waals surface area (Å²) in [5.74, 6) is 0.00487. The lowest BCUT2D eigenvalue weighted by Gasteiger charge is -2.38. The normalized spacial score (nSPS) is 16.5. The van der Waals surface area contributed by atoms with Crippen molar-refractivity contribution in [2.45, 2.75) is 17.2 Å². The molecule has 1 fully saturated rings. The zero-order valence-corrected chi connectivity index (χ0v) is 15.0. The molecule has 0 unspecified atom stereocenters. The zero-order chi connectivity index (χ0) is 18.2. The molecule has 1 aromatic carbocycles. The first-order chi connectivity index (χ1) is 11.7. The molecule has 3 rings (SSSR count). The van der Waals surface area contributed by atoms with Crippen molar-refractivity contribution in [1.29, 1.82) is 0 Å². The van der Waals surface area contributed by atoms with Crippen LogP contribution in [0.3, 0.4) is 0 Å². The summed E-state index contributed by atoms with van der Waals surface area (Å²) in [7, 11) is -3.68. The predicted molar refractivity (Wildman–Crippen MR) is 86.6 cm³/mol. The van der Waals surface area contributed by atoms with Crippen LogP contribution in [0.4, 0.5) is 13.2 Å². The molecule has 1 saturated heterocycles. The van der Waals surface area contributed by atoms with Gasteiger partial charge in [-0.15, -0.1) is 0 Å². The summed E-state index contributed by atoms with van der Waals surface area (Å²) < 4.78 is 70.0. The molecule has 0 atom stereocenters. The Morgan fingerprint density at radius 1 is 1.20 bits per heavy atom. The average Bonchev–Trinajstić information content (AvgIpc) is 2.50. The molecule has 1 aliphatic rings. The van der Waals surface area contributed by atoms with Crippen molar-refractivity contribution in [1.82, 2.24) is 9.29 Å². The molecule has 2 aromatic rings. The van der Waals surface area contributed by atoms with Gasteiger partial charge in [-0.25, -0.2) is 8.42 Å². The van der Waals surface area contributed by atoms with Crippen LogP contribution >= 0.6 is 15.9 Å². The van der Waals surface area contributed by atoms with Gasteiger partial charge in [0.2, 0.25) is 10.0 Å². The molecule has 0 saturated carbocycles. The Balaban J connectivity index is 1.66. The van der Waals surface area contributed by atoms with Crippen molar-refractivity contribution in [3.05, 3.63) is 52.8 Å². The smallest absolute Gasteiger partial charge is 0.433 e. The highest BCUT2D eigenvalue weighted by Gasteiger charge is 2.39. The number of rotatable bonds is 4. The van der Waals surface area contributed by atoms with Gasteiger partial charge in [-0.3, -0.25) is 4.98 Å². The van der Waals surface area contributed by atoms with Gasteiger partial charge in [0.25, 0.3) is 0 Å². The Bertz CT molecular complexity index is 884. The molecule has 1 aliphatic heterocycles. The maximum absolute atomic E-state index is 12.6. The van der Waals surface area contributed by atoms with Gasteiger partial charge in [0.05, 0.1) is 18.0 Å². The van der Waals surface area contributed by atoms with E-state index in [4.69, 9.17) is 4.74 Å². The van der Waals surface area contributed by atoms with E-state index < -0.39 is 28.0 Å². The molecule has 10 heteroatoms. The summed E-state index contributed by atoms with van der Waals surface area (Å²) >= 11 is 3.20. The van der Waals surface area contributed by atoms with Crippen molar-refractivity contribution in [3.8, 4) is 5.75 Å². The lowest BCUT2D eigenvalue weighted by Crippen LogP contribution is -2.56. The van der Waals surface area contributed by atoms with E-state index in [0.29, 0.717) is 4.47 Å². The second kappa shape index (κ2) is 6.58. The van der Waals surface area contributed by atoms with Gasteiger partial charge < -0.3 is 4.74 Å². The van der Waals surface area contributed by atoms with Crippen LogP contribution in [0.1, 0.15) is 5.69 Å². The van der Waals surface area contributed by atoms with Gasteiger partial charge in [0.15, 0.2) is 0 Å². The molecular formula is C15H12BrF3N2O3S. The Hall–Kier alpha value is -1.65. The fourth-order valence-electron chi connectivity index (χ4n) is 2.30. The largest absolute Gasteiger partial charge is 0.488 e. The van der Waals surface area contributed by atoms with E-state index in [9.17, 15) is 21.6 Å². The standard InChI is InChI=1S/C15H12BrF3N2O3S/c16-12-3-1-2-4-13(12)25(22,23)21-8-11(9-21)24-10-5-6-20-14(7-10)15(17,18)19/h1-7,11H,8-9H2. The van der Waals surface area contributed by atoms with E-state index in [0.717, 1.165) is 12.3 Å². The van der Waals surface area contributed by atoms with E-state index in [2.05, 4.69) is 20.9 Å². The molecule has 0 amide bonds. The summed E-state index contributed by atoms with van der Waals surface area (Å²) in [6, 6.07) is 8.52. The summed E-state index contributed by atoms with van der Waals surface area (Å²) in [4.78, 5) is 3.38. The molecule has 0 spiro atoms. The highest BCUT2D eigenvalue weighted by molar-refractivity contribution is 9.10. The van der Waals surface area contributed by atoms with Crippen LogP contribution in [-0.2, 0) is 16.2 Å². The molecule has 0 N–H and O–H groups in total. The van der Waals surface area contributed by atoms with Gasteiger partial charge >= 0.3 is 6.18 Å². The fourth-order valence-corrected chi connectivity index (χ4v) is 4.76. The lowest BCUT2D eigenvalue weighted by atomic mass is 10.2. The number of pyridine rings is 1. The highest BCUT2D eigenvalue weighted by Crippen LogP contribution is 2.32. The van der Waals surface area contributed by atoms with Crippen LogP contribution < -0.4 is 4.74 Å². The van der Waals surface area contributed by atoms with E-state index in [1.165, 1.54) is 16.4 Å². The van der Waals surface area contributed by atoms with Crippen LogP contribution in [0, 0.1) is 0 Å². The van der Waals surface area contributed by atoms with Crippen LogP contribution in [0.2, 0.25) is 0 Å². The number of hydrogen-bond acceptors (Lipinski definition) is 4. The first kappa shape index (κ1) is 18.2. The number of nitrogens with zero attached hydrogens (tertiary/aromatic N) is 2. The van der Waals surface area contributed by atoms with Crippen LogP contribution in [0.25, 0.3) is 0 Å². The van der Waals surface area contributed by atoms with Crippen molar-refractivity contribution >= 4 is 26.0 Å². The van der Waals surface area contributed by atoms with Crippen LogP contribution in [-0.4, -0.2) is 36.9 Å². The van der Waals surface area contributed by atoms with E-state index >= 15 is 0 Å². The molecule has 1 aromatic heterocycles. The Labute approximate surface area is 150 Å². The third kappa shape index (κ3) is 3.80. The molecule has 0 bridgehead atoms. The molecule has 5 nitrogen and oxygen atoms in total. The Kier molecular flexibility index (Phi) is 4.78. The second-order valence-electron chi connectivity index (χ2n) is 5.37. The van der Waals surface area contributed by atoms with Crippen LogP contribution in [0.5, 0.6) is 5.75 Å². The average molecular weight is 437 g/mol. The quantitative estimate of drug-likeness (QED) is 0.737. The molecule has 0 aliphatic carbocycles. The number of hydrogen-bond donors (Lipinski definition) is 0. The van der Waals surface area contributed by atoms with Gasteiger partial charge in [-0.05, 0) is 34.1 Å². The molecule has 0 radical (unpaired) electrons. The van der Waals surface area contributed by atoms with Crippen molar-refractivity contribution in [3.63, 3.8) is 0 Å². The second-order valence-corrected chi connectivity index (χ2v) is 8.13. The molecule has 25 heavy (non-hydrogen) atoms. The number of alkyl halides is 3. The summed E-state index contributed by atoms with van der Waals surface area (Å²) in [5.41, 5.74) is -1.05. The SMILES string of the molecule is O=S(=O)(c1ccccc1Br)N1CC(Oc2ccnc(C(F)(F)F)c2)C1. The monoisotopic (exact) mass is 436 g/mol. The number of aromatic nitrogens is 1. The first-order valence-corrected chi connectivity index (χ1v) is 9.36. The molecule has 2 heterocycles. The van der Waals surface area contributed by atoms with Gasteiger partial charge in [-0.1, -0.05) is 12.1 Å². The maximum Gasteiger partial charge on any atom is 0.433 e. The minimum Gasteiger partial charge on any atom is -0.488 e. The third-order valence-electron chi connectivity index (χ3n) is 3.59. The van der Waals surface area contributed by atoms with E-state index in [1.54, 1.807) is 18.2 Å². The maximum atomic E-state index is 12.6. The minimum absolute atomic E-state index is 0.00487. The van der Waals surface area contributed by atoms with E-state index in [1.807, 2.05) is 0 Å². The highest BCUT2D eigenvalue weighted by atomic mass is 79.9. The van der Waals surface area contributed by atoms with Crippen molar-refractivity contribution < 1.29 is 26.3 Å². The Morgan fingerprint density at radius 3 is 2.52 bits per heavy atom. The molecular weight excluding hydrogens is 425 g/mol. The summed E-state index contributed by atoms with van der Waals surface area (Å²) in [6.45, 7) is 0.126. The third-order valence-corrected chi connectivity index (χ3v) is 6.44. The van der Waals surface area contributed by atoms with Gasteiger partial charge in [0.1, 0.15) is 17.5 Å². The Morgan fingerprint density at radius 2 is 1.88 bits per heavy atom. The zero-order valence-electron chi connectivity index (χ0n) is 12.6. The van der Waals surface area contributed by atoms with Crippen molar-refractivity contribution in [2.24, 2.45) is 0 Å². The predicted octanol–water partition coefficient (Wildman–Crippen LogP) is 3.31. The van der Waals surface area contributed by atoms with Gasteiger partial charge in [0, 0.05) is 16.7 Å². The number of sulfonamides is 1.